The Hall–Kier alpha value is -1.31. The van der Waals surface area contributed by atoms with Gasteiger partial charge in [-0.2, -0.15) is 0 Å². The second-order valence-electron chi connectivity index (χ2n) is 5.45. The quantitative estimate of drug-likeness (QED) is 0.647. The highest BCUT2D eigenvalue weighted by Crippen LogP contribution is 2.23. The number of hydrogen-bond donors (Lipinski definition) is 1. The van der Waals surface area contributed by atoms with Crippen LogP contribution in [0, 0.1) is 0 Å². The van der Waals surface area contributed by atoms with Crippen molar-refractivity contribution in [3.05, 3.63) is 29.8 Å². The van der Waals surface area contributed by atoms with Gasteiger partial charge in [0.25, 0.3) is 0 Å². The molecule has 0 aliphatic heterocycles. The first-order valence-electron chi connectivity index (χ1n) is 7.54. The van der Waals surface area contributed by atoms with E-state index in [1.807, 2.05) is 18.2 Å². The molecule has 1 aromatic rings. The Bertz CT molecular complexity index is 385. The van der Waals surface area contributed by atoms with Crippen molar-refractivity contribution in [3.8, 4) is 0 Å². The monoisotopic (exact) mass is 261 g/mol. The van der Waals surface area contributed by atoms with Gasteiger partial charge in [0.1, 0.15) is 0 Å². The smallest absolute Gasteiger partial charge is 0.224 e. The van der Waals surface area contributed by atoms with Gasteiger partial charge >= 0.3 is 0 Å². The van der Waals surface area contributed by atoms with Crippen molar-refractivity contribution in [1.29, 1.82) is 0 Å². The molecule has 19 heavy (non-hydrogen) atoms. The summed E-state index contributed by atoms with van der Waals surface area (Å²) in [6.07, 6.45) is 6.55. The van der Waals surface area contributed by atoms with Crippen LogP contribution in [0.3, 0.4) is 0 Å². The van der Waals surface area contributed by atoms with Crippen molar-refractivity contribution in [2.24, 2.45) is 0 Å². The number of carbonyl (C=O) groups excluding carboxylic acids is 1. The van der Waals surface area contributed by atoms with Crippen LogP contribution in [0.2, 0.25) is 0 Å². The Morgan fingerprint density at radius 1 is 1.11 bits per heavy atom. The van der Waals surface area contributed by atoms with Crippen LogP contribution in [0.5, 0.6) is 0 Å². The third-order valence-electron chi connectivity index (χ3n) is 3.36. The van der Waals surface area contributed by atoms with Gasteiger partial charge in [0, 0.05) is 12.1 Å². The van der Waals surface area contributed by atoms with Crippen LogP contribution in [0.4, 0.5) is 5.69 Å². The zero-order valence-corrected chi connectivity index (χ0v) is 12.5. The van der Waals surface area contributed by atoms with Crippen LogP contribution in [-0.2, 0) is 4.79 Å². The summed E-state index contributed by atoms with van der Waals surface area (Å²) in [4.78, 5) is 11.9. The zero-order chi connectivity index (χ0) is 14.1. The highest BCUT2D eigenvalue weighted by molar-refractivity contribution is 5.91. The third kappa shape index (κ3) is 5.91. The second-order valence-corrected chi connectivity index (χ2v) is 5.45. The minimum Gasteiger partial charge on any atom is -0.326 e. The molecule has 0 aliphatic rings. The molecule has 2 nitrogen and oxygen atoms in total. The Balaban J connectivity index is 2.40. The first-order valence-corrected chi connectivity index (χ1v) is 7.54. The van der Waals surface area contributed by atoms with Crippen LogP contribution in [0.25, 0.3) is 0 Å². The summed E-state index contributed by atoms with van der Waals surface area (Å²) < 4.78 is 0. The van der Waals surface area contributed by atoms with E-state index in [1.165, 1.54) is 24.8 Å². The van der Waals surface area contributed by atoms with Gasteiger partial charge in [-0.3, -0.25) is 4.79 Å². The van der Waals surface area contributed by atoms with Crippen molar-refractivity contribution in [2.45, 2.75) is 65.2 Å². The summed E-state index contributed by atoms with van der Waals surface area (Å²) >= 11 is 0. The molecule has 0 heterocycles. The maximum Gasteiger partial charge on any atom is 0.224 e. The van der Waals surface area contributed by atoms with Crippen LogP contribution >= 0.6 is 0 Å². The molecular formula is C17H27NO. The van der Waals surface area contributed by atoms with Gasteiger partial charge in [-0.15, -0.1) is 0 Å². The van der Waals surface area contributed by atoms with E-state index in [4.69, 9.17) is 0 Å². The molecule has 2 heteroatoms. The zero-order valence-electron chi connectivity index (χ0n) is 12.5. The molecule has 0 saturated carbocycles. The Kier molecular flexibility index (Phi) is 7.24. The molecule has 0 atom stereocenters. The molecule has 1 rings (SSSR count). The molecule has 0 spiro atoms. The number of para-hydroxylation sites is 1. The second kappa shape index (κ2) is 8.73. The van der Waals surface area contributed by atoms with Crippen molar-refractivity contribution in [3.63, 3.8) is 0 Å². The van der Waals surface area contributed by atoms with E-state index in [2.05, 4.69) is 32.2 Å². The van der Waals surface area contributed by atoms with Gasteiger partial charge in [0.15, 0.2) is 0 Å². The lowest BCUT2D eigenvalue weighted by molar-refractivity contribution is -0.116. The number of hydrogen-bond acceptors (Lipinski definition) is 1. The molecule has 0 radical (unpaired) electrons. The summed E-state index contributed by atoms with van der Waals surface area (Å²) in [6.45, 7) is 6.50. The summed E-state index contributed by atoms with van der Waals surface area (Å²) in [6, 6.07) is 8.07. The normalized spacial score (nSPS) is 10.7. The standard InChI is InChI=1S/C17H27NO/c1-4-5-6-7-8-13-17(19)18-16-12-10-9-11-15(16)14(2)3/h9-12,14H,4-8,13H2,1-3H3,(H,18,19). The lowest BCUT2D eigenvalue weighted by Crippen LogP contribution is -2.13. The van der Waals surface area contributed by atoms with Gasteiger partial charge < -0.3 is 5.32 Å². The summed E-state index contributed by atoms with van der Waals surface area (Å²) in [5, 5.41) is 3.04. The molecule has 1 N–H and O–H groups in total. The highest BCUT2D eigenvalue weighted by atomic mass is 16.1. The van der Waals surface area contributed by atoms with E-state index in [9.17, 15) is 4.79 Å². The number of nitrogens with one attached hydrogen (secondary N) is 1. The van der Waals surface area contributed by atoms with Crippen molar-refractivity contribution in [1.82, 2.24) is 0 Å². The summed E-state index contributed by atoms with van der Waals surface area (Å²) in [5.41, 5.74) is 2.18. The SMILES string of the molecule is CCCCCCCC(=O)Nc1ccccc1C(C)C. The molecule has 1 aromatic carbocycles. The number of benzene rings is 1. The maximum atomic E-state index is 11.9. The third-order valence-corrected chi connectivity index (χ3v) is 3.36. The average molecular weight is 261 g/mol. The van der Waals surface area contributed by atoms with E-state index >= 15 is 0 Å². The van der Waals surface area contributed by atoms with Gasteiger partial charge in [-0.1, -0.05) is 64.7 Å². The Morgan fingerprint density at radius 3 is 2.47 bits per heavy atom. The predicted molar refractivity (Wildman–Crippen MR) is 82.5 cm³/mol. The Labute approximate surface area is 117 Å². The van der Waals surface area contributed by atoms with Crippen LogP contribution in [0.15, 0.2) is 24.3 Å². The van der Waals surface area contributed by atoms with E-state index < -0.39 is 0 Å². The van der Waals surface area contributed by atoms with Crippen LogP contribution < -0.4 is 5.32 Å². The molecule has 0 fully saturated rings. The van der Waals surface area contributed by atoms with E-state index in [0.717, 1.165) is 18.5 Å². The number of unbranched alkanes of at least 4 members (excludes halogenated alkanes) is 4. The number of amides is 1. The minimum atomic E-state index is 0.143. The maximum absolute atomic E-state index is 11.9. The average Bonchev–Trinajstić information content (AvgIpc) is 2.39. The minimum absolute atomic E-state index is 0.143. The van der Waals surface area contributed by atoms with Crippen molar-refractivity contribution in [2.75, 3.05) is 5.32 Å². The molecule has 0 aliphatic carbocycles. The van der Waals surface area contributed by atoms with Crippen LogP contribution in [-0.4, -0.2) is 5.91 Å². The summed E-state index contributed by atoms with van der Waals surface area (Å²) in [5.74, 6) is 0.575. The first kappa shape index (κ1) is 15.7. The molecule has 0 aromatic heterocycles. The van der Waals surface area contributed by atoms with Gasteiger partial charge in [0.2, 0.25) is 5.91 Å². The predicted octanol–water partition coefficient (Wildman–Crippen LogP) is 5.11. The molecule has 106 valence electrons. The largest absolute Gasteiger partial charge is 0.326 e. The molecule has 0 bridgehead atoms. The van der Waals surface area contributed by atoms with Crippen molar-refractivity contribution >= 4 is 11.6 Å². The first-order chi connectivity index (χ1) is 9.15. The topological polar surface area (TPSA) is 29.1 Å². The van der Waals surface area contributed by atoms with E-state index in [-0.39, 0.29) is 5.91 Å². The molecule has 0 saturated heterocycles. The lowest BCUT2D eigenvalue weighted by Gasteiger charge is -2.13. The molecular weight excluding hydrogens is 234 g/mol. The van der Waals surface area contributed by atoms with Gasteiger partial charge in [0.05, 0.1) is 0 Å². The highest BCUT2D eigenvalue weighted by Gasteiger charge is 2.08. The van der Waals surface area contributed by atoms with E-state index in [0.29, 0.717) is 12.3 Å². The molecule has 0 unspecified atom stereocenters. The lowest BCUT2D eigenvalue weighted by atomic mass is 10.0. The Morgan fingerprint density at radius 2 is 1.79 bits per heavy atom. The summed E-state index contributed by atoms with van der Waals surface area (Å²) in [7, 11) is 0. The van der Waals surface area contributed by atoms with Gasteiger partial charge in [-0.25, -0.2) is 0 Å². The van der Waals surface area contributed by atoms with Crippen LogP contribution in [0.1, 0.15) is 70.8 Å². The fraction of sp³-hybridized carbons (Fsp3) is 0.588. The number of carbonyl (C=O) groups is 1. The van der Waals surface area contributed by atoms with E-state index in [1.54, 1.807) is 0 Å². The van der Waals surface area contributed by atoms with Crippen molar-refractivity contribution < 1.29 is 4.79 Å². The fourth-order valence-electron chi connectivity index (χ4n) is 2.22. The fourth-order valence-corrected chi connectivity index (χ4v) is 2.22. The number of anilines is 1. The number of rotatable bonds is 8. The van der Waals surface area contributed by atoms with Gasteiger partial charge in [-0.05, 0) is 24.0 Å². The molecule has 1 amide bonds.